The molecule has 0 bridgehead atoms. The molecule has 1 aromatic heterocycles. The molecule has 3 rings (SSSR count). The van der Waals surface area contributed by atoms with Gasteiger partial charge in [0.25, 0.3) is 0 Å². The summed E-state index contributed by atoms with van der Waals surface area (Å²) in [6, 6.07) is 1.95. The fourth-order valence-electron chi connectivity index (χ4n) is 2.75. The number of aryl methyl sites for hydroxylation is 1. The van der Waals surface area contributed by atoms with Gasteiger partial charge in [0, 0.05) is 11.5 Å². The van der Waals surface area contributed by atoms with Crippen LogP contribution in [0.25, 0.3) is 11.0 Å². The number of fused-ring (bicyclic) bond motifs is 1. The summed E-state index contributed by atoms with van der Waals surface area (Å²) >= 11 is 0. The van der Waals surface area contributed by atoms with Gasteiger partial charge in [0.2, 0.25) is 12.1 Å². The molecular weight excluding hydrogens is 358 g/mol. The lowest BCUT2D eigenvalue weighted by Crippen LogP contribution is -2.60. The summed E-state index contributed by atoms with van der Waals surface area (Å²) in [5.74, 6) is -3.50. The van der Waals surface area contributed by atoms with Crippen molar-refractivity contribution in [1.82, 2.24) is 0 Å². The maximum atomic E-state index is 14.6. The highest BCUT2D eigenvalue weighted by molar-refractivity contribution is 5.82. The topological polar surface area (TPSA) is 130 Å². The molecular formula is C16H16F2O8. The summed E-state index contributed by atoms with van der Waals surface area (Å²) in [7, 11) is 0. The molecule has 1 aliphatic rings. The van der Waals surface area contributed by atoms with Gasteiger partial charge in [-0.2, -0.15) is 4.39 Å². The van der Waals surface area contributed by atoms with Crippen molar-refractivity contribution in [1.29, 1.82) is 0 Å². The Morgan fingerprint density at radius 2 is 1.85 bits per heavy atom. The molecule has 0 aliphatic carbocycles. The minimum atomic E-state index is -1.85. The first-order valence-electron chi connectivity index (χ1n) is 7.64. The van der Waals surface area contributed by atoms with Crippen LogP contribution in [0, 0.1) is 18.6 Å². The second-order valence-corrected chi connectivity index (χ2v) is 5.94. The number of rotatable bonds is 3. The van der Waals surface area contributed by atoms with Crippen molar-refractivity contribution in [2.75, 3.05) is 6.61 Å². The van der Waals surface area contributed by atoms with E-state index in [1.165, 1.54) is 6.92 Å². The lowest BCUT2D eigenvalue weighted by molar-refractivity contribution is -0.278. The summed E-state index contributed by atoms with van der Waals surface area (Å²) in [6.07, 6.45) is -8.39. The Morgan fingerprint density at radius 1 is 1.15 bits per heavy atom. The molecule has 5 atom stereocenters. The van der Waals surface area contributed by atoms with Gasteiger partial charge in [-0.05, 0) is 18.6 Å². The van der Waals surface area contributed by atoms with Crippen LogP contribution < -0.4 is 10.4 Å². The fourth-order valence-corrected chi connectivity index (χ4v) is 2.75. The van der Waals surface area contributed by atoms with Crippen LogP contribution >= 0.6 is 0 Å². The average molecular weight is 374 g/mol. The van der Waals surface area contributed by atoms with Crippen molar-refractivity contribution in [3.05, 3.63) is 39.8 Å². The van der Waals surface area contributed by atoms with E-state index in [-0.39, 0.29) is 10.9 Å². The zero-order chi connectivity index (χ0) is 19.2. The molecule has 0 unspecified atom stereocenters. The first-order valence-corrected chi connectivity index (χ1v) is 7.64. The van der Waals surface area contributed by atoms with E-state index >= 15 is 0 Å². The van der Waals surface area contributed by atoms with Gasteiger partial charge >= 0.3 is 5.63 Å². The normalized spacial score (nSPS) is 29.1. The first kappa shape index (κ1) is 18.7. The van der Waals surface area contributed by atoms with Crippen LogP contribution in [-0.2, 0) is 4.74 Å². The lowest BCUT2D eigenvalue weighted by Gasteiger charge is -2.39. The Hall–Kier alpha value is -2.11. The first-order chi connectivity index (χ1) is 12.2. The third kappa shape index (κ3) is 3.06. The highest BCUT2D eigenvalue weighted by atomic mass is 19.1. The van der Waals surface area contributed by atoms with Crippen molar-refractivity contribution in [2.45, 2.75) is 37.6 Å². The maximum absolute atomic E-state index is 14.6. The maximum Gasteiger partial charge on any atom is 0.336 e. The van der Waals surface area contributed by atoms with Gasteiger partial charge in [0.05, 0.1) is 6.61 Å². The largest absolute Gasteiger partial charge is 0.456 e. The van der Waals surface area contributed by atoms with E-state index in [1.807, 2.05) is 0 Å². The molecule has 142 valence electrons. The molecule has 10 heteroatoms. The van der Waals surface area contributed by atoms with Crippen LogP contribution in [0.3, 0.4) is 0 Å². The van der Waals surface area contributed by atoms with Gasteiger partial charge in [-0.15, -0.1) is 0 Å². The number of aliphatic hydroxyl groups excluding tert-OH is 4. The van der Waals surface area contributed by atoms with E-state index in [9.17, 15) is 28.9 Å². The summed E-state index contributed by atoms with van der Waals surface area (Å²) < 4.78 is 43.7. The van der Waals surface area contributed by atoms with Crippen molar-refractivity contribution < 1.29 is 43.1 Å². The minimum absolute atomic E-state index is 0.0146. The van der Waals surface area contributed by atoms with Crippen LogP contribution in [0.2, 0.25) is 0 Å². The molecule has 0 saturated carbocycles. The minimum Gasteiger partial charge on any atom is -0.456 e. The Bertz CT molecular complexity index is 881. The Kier molecular flexibility index (Phi) is 4.95. The SMILES string of the molecule is Cc1cc(=O)oc2c(F)c(O[C@H]3O[C@H](CO)[C@@H](O)[C@H](O)[C@H]3O)c(F)cc12. The van der Waals surface area contributed by atoms with Gasteiger partial charge in [0.1, 0.15) is 24.4 Å². The predicted molar refractivity (Wildman–Crippen MR) is 81.5 cm³/mol. The quantitative estimate of drug-likeness (QED) is 0.532. The molecule has 1 aliphatic heterocycles. The highest BCUT2D eigenvalue weighted by Gasteiger charge is 2.45. The molecule has 4 N–H and O–H groups in total. The molecule has 1 fully saturated rings. The van der Waals surface area contributed by atoms with Crippen molar-refractivity contribution >= 4 is 11.0 Å². The second-order valence-electron chi connectivity index (χ2n) is 5.94. The predicted octanol–water partition coefficient (Wildman–Crippen LogP) is -0.442. The van der Waals surface area contributed by atoms with Gasteiger partial charge < -0.3 is 34.3 Å². The third-order valence-electron chi connectivity index (χ3n) is 4.18. The average Bonchev–Trinajstić information content (AvgIpc) is 2.59. The third-order valence-corrected chi connectivity index (χ3v) is 4.18. The molecule has 26 heavy (non-hydrogen) atoms. The van der Waals surface area contributed by atoms with E-state index in [2.05, 4.69) is 0 Å². The van der Waals surface area contributed by atoms with Gasteiger partial charge in [-0.1, -0.05) is 0 Å². The Balaban J connectivity index is 2.02. The molecule has 8 nitrogen and oxygen atoms in total. The van der Waals surface area contributed by atoms with Crippen molar-refractivity contribution in [2.24, 2.45) is 0 Å². The van der Waals surface area contributed by atoms with E-state index in [0.29, 0.717) is 0 Å². The number of halogens is 2. The van der Waals surface area contributed by atoms with E-state index in [1.54, 1.807) is 0 Å². The zero-order valence-corrected chi connectivity index (χ0v) is 13.4. The van der Waals surface area contributed by atoms with Crippen LogP contribution in [0.5, 0.6) is 5.75 Å². The summed E-state index contributed by atoms with van der Waals surface area (Å²) in [5.41, 5.74) is -1.11. The zero-order valence-electron chi connectivity index (χ0n) is 13.4. The van der Waals surface area contributed by atoms with Gasteiger partial charge in [-0.3, -0.25) is 0 Å². The summed E-state index contributed by atoms with van der Waals surface area (Å²) in [6.45, 7) is 0.734. The smallest absolute Gasteiger partial charge is 0.336 e. The van der Waals surface area contributed by atoms with Gasteiger partial charge in [-0.25, -0.2) is 9.18 Å². The van der Waals surface area contributed by atoms with Gasteiger partial charge in [0.15, 0.2) is 17.1 Å². The number of hydrogen-bond acceptors (Lipinski definition) is 8. The summed E-state index contributed by atoms with van der Waals surface area (Å²) in [5, 5.41) is 38.5. The summed E-state index contributed by atoms with van der Waals surface area (Å²) in [4.78, 5) is 11.4. The standard InChI is InChI=1S/C16H16F2O8/c1-5-2-9(20)25-14-6(5)3-7(17)15(10(14)18)26-16-13(23)12(22)11(21)8(4-19)24-16/h2-3,8,11-13,16,19,21-23H,4H2,1H3/t8-,11-,12+,13-,16-/m1/s1. The number of benzene rings is 1. The Labute approximate surface area is 144 Å². The molecule has 0 radical (unpaired) electrons. The van der Waals surface area contributed by atoms with Crippen LogP contribution in [0.1, 0.15) is 5.56 Å². The molecule has 1 aromatic carbocycles. The number of hydrogen-bond donors (Lipinski definition) is 4. The molecule has 0 amide bonds. The van der Waals surface area contributed by atoms with E-state index < -0.39 is 65.9 Å². The molecule has 0 spiro atoms. The van der Waals surface area contributed by atoms with Crippen molar-refractivity contribution in [3.8, 4) is 5.75 Å². The Morgan fingerprint density at radius 3 is 2.50 bits per heavy atom. The molecule has 1 saturated heterocycles. The second kappa shape index (κ2) is 6.89. The highest BCUT2D eigenvalue weighted by Crippen LogP contribution is 2.33. The number of ether oxygens (including phenoxy) is 2. The van der Waals surface area contributed by atoms with E-state index in [0.717, 1.165) is 12.1 Å². The monoisotopic (exact) mass is 374 g/mol. The fraction of sp³-hybridized carbons (Fsp3) is 0.438. The number of aliphatic hydroxyl groups is 4. The molecule has 2 aromatic rings. The van der Waals surface area contributed by atoms with E-state index in [4.69, 9.17) is 19.0 Å². The van der Waals surface area contributed by atoms with Crippen LogP contribution in [0.15, 0.2) is 21.3 Å². The lowest BCUT2D eigenvalue weighted by atomic mass is 9.99. The van der Waals surface area contributed by atoms with Crippen LogP contribution in [-0.4, -0.2) is 57.7 Å². The van der Waals surface area contributed by atoms with Crippen LogP contribution in [0.4, 0.5) is 8.78 Å². The van der Waals surface area contributed by atoms with Crippen molar-refractivity contribution in [3.63, 3.8) is 0 Å². The molecule has 2 heterocycles.